The minimum atomic E-state index is -0.588. The molecule has 1 aliphatic carbocycles. The zero-order chi connectivity index (χ0) is 16.0. The van der Waals surface area contributed by atoms with E-state index in [1.54, 1.807) is 0 Å². The molecule has 1 spiro atoms. The molecular formula is C18H25NO4. The van der Waals surface area contributed by atoms with E-state index in [-0.39, 0.29) is 23.9 Å². The van der Waals surface area contributed by atoms with Gasteiger partial charge in [0.05, 0.1) is 25.2 Å². The lowest BCUT2D eigenvalue weighted by molar-refractivity contribution is -0.154. The third kappa shape index (κ3) is 2.24. The zero-order valence-corrected chi connectivity index (χ0v) is 13.7. The molecule has 23 heavy (non-hydrogen) atoms. The highest BCUT2D eigenvalue weighted by molar-refractivity contribution is 5.91. The highest BCUT2D eigenvalue weighted by Gasteiger charge is 2.67. The Hall–Kier alpha value is -1.36. The molecule has 5 nitrogen and oxygen atoms in total. The lowest BCUT2D eigenvalue weighted by atomic mass is 9.77. The first-order valence-electron chi connectivity index (χ1n) is 9.00. The van der Waals surface area contributed by atoms with Gasteiger partial charge in [0.2, 0.25) is 5.91 Å². The topological polar surface area (TPSA) is 55.8 Å². The van der Waals surface area contributed by atoms with Gasteiger partial charge < -0.3 is 14.4 Å². The van der Waals surface area contributed by atoms with Crippen LogP contribution >= 0.6 is 0 Å². The van der Waals surface area contributed by atoms with Gasteiger partial charge in [-0.25, -0.2) is 0 Å². The first-order valence-corrected chi connectivity index (χ1v) is 9.00. The van der Waals surface area contributed by atoms with Gasteiger partial charge >= 0.3 is 5.97 Å². The second-order valence-electron chi connectivity index (χ2n) is 7.33. The van der Waals surface area contributed by atoms with Gasteiger partial charge in [0.25, 0.3) is 0 Å². The molecule has 126 valence electrons. The molecular weight excluding hydrogens is 294 g/mol. The van der Waals surface area contributed by atoms with Crippen LogP contribution in [0.3, 0.4) is 0 Å². The Kier molecular flexibility index (Phi) is 3.71. The summed E-state index contributed by atoms with van der Waals surface area (Å²) in [7, 11) is 0. The van der Waals surface area contributed by atoms with Crippen molar-refractivity contribution >= 4 is 11.9 Å². The smallest absolute Gasteiger partial charge is 0.312 e. The van der Waals surface area contributed by atoms with E-state index < -0.39 is 11.5 Å². The van der Waals surface area contributed by atoms with Gasteiger partial charge in [0, 0.05) is 6.04 Å². The fourth-order valence-corrected chi connectivity index (χ4v) is 4.80. The Morgan fingerprint density at radius 3 is 2.91 bits per heavy atom. The van der Waals surface area contributed by atoms with Crippen molar-refractivity contribution in [3.05, 3.63) is 12.2 Å². The highest BCUT2D eigenvalue weighted by atomic mass is 16.6. The molecule has 0 N–H and O–H groups in total. The van der Waals surface area contributed by atoms with Crippen molar-refractivity contribution < 1.29 is 19.1 Å². The van der Waals surface area contributed by atoms with Crippen LogP contribution in [0.5, 0.6) is 0 Å². The predicted molar refractivity (Wildman–Crippen MR) is 83.6 cm³/mol. The molecule has 1 amide bonds. The molecule has 1 saturated carbocycles. The van der Waals surface area contributed by atoms with Crippen LogP contribution in [0, 0.1) is 11.8 Å². The summed E-state index contributed by atoms with van der Waals surface area (Å²) in [6, 6.07) is 0.319. The average Bonchev–Trinajstić information content (AvgIpc) is 3.22. The number of esters is 1. The SMILES string of the molecule is CCCOC(=O)C1[C@H]2C=CC3(CN(C4CCCCC4)C(=O)[C@@H]13)O2. The van der Waals surface area contributed by atoms with Crippen molar-refractivity contribution in [1.29, 1.82) is 0 Å². The third-order valence-electron chi connectivity index (χ3n) is 5.87. The molecule has 2 unspecified atom stereocenters. The van der Waals surface area contributed by atoms with Crippen LogP contribution in [0.2, 0.25) is 0 Å². The molecule has 4 aliphatic rings. The van der Waals surface area contributed by atoms with Crippen molar-refractivity contribution in [2.45, 2.75) is 63.2 Å². The van der Waals surface area contributed by atoms with Gasteiger partial charge in [-0.1, -0.05) is 38.3 Å². The van der Waals surface area contributed by atoms with Crippen LogP contribution in [0.4, 0.5) is 0 Å². The second-order valence-corrected chi connectivity index (χ2v) is 7.33. The summed E-state index contributed by atoms with van der Waals surface area (Å²) in [5.74, 6) is -1.02. The number of carbonyl (C=O) groups excluding carboxylic acids is 2. The van der Waals surface area contributed by atoms with Crippen molar-refractivity contribution in [3.8, 4) is 0 Å². The van der Waals surface area contributed by atoms with E-state index in [1.807, 2.05) is 24.0 Å². The Labute approximate surface area is 137 Å². The Balaban J connectivity index is 1.56. The first kappa shape index (κ1) is 15.2. The molecule has 5 heteroatoms. The zero-order valence-electron chi connectivity index (χ0n) is 13.7. The second kappa shape index (κ2) is 5.62. The Bertz CT molecular complexity index is 539. The maximum atomic E-state index is 13.1. The van der Waals surface area contributed by atoms with Crippen LogP contribution in [-0.4, -0.2) is 47.7 Å². The molecule has 3 aliphatic heterocycles. The minimum Gasteiger partial charge on any atom is -0.465 e. The number of nitrogens with zero attached hydrogens (tertiary/aromatic N) is 1. The molecule has 3 heterocycles. The van der Waals surface area contributed by atoms with E-state index in [1.165, 1.54) is 19.3 Å². The lowest BCUT2D eigenvalue weighted by Gasteiger charge is -2.32. The maximum absolute atomic E-state index is 13.1. The molecule has 4 rings (SSSR count). The van der Waals surface area contributed by atoms with Crippen molar-refractivity contribution in [2.24, 2.45) is 11.8 Å². The fraction of sp³-hybridized carbons (Fsp3) is 0.778. The fourth-order valence-electron chi connectivity index (χ4n) is 4.80. The van der Waals surface area contributed by atoms with Gasteiger partial charge in [-0.2, -0.15) is 0 Å². The molecule has 0 aromatic carbocycles. The Morgan fingerprint density at radius 1 is 1.39 bits per heavy atom. The molecule has 3 fully saturated rings. The van der Waals surface area contributed by atoms with Crippen molar-refractivity contribution in [3.63, 3.8) is 0 Å². The molecule has 0 aromatic heterocycles. The summed E-state index contributed by atoms with van der Waals surface area (Å²) in [6.07, 6.45) is 10.3. The van der Waals surface area contributed by atoms with E-state index in [4.69, 9.17) is 9.47 Å². The first-order chi connectivity index (χ1) is 11.2. The predicted octanol–water partition coefficient (Wildman–Crippen LogP) is 2.05. The van der Waals surface area contributed by atoms with E-state index in [9.17, 15) is 9.59 Å². The van der Waals surface area contributed by atoms with E-state index >= 15 is 0 Å². The van der Waals surface area contributed by atoms with Gasteiger partial charge in [-0.3, -0.25) is 9.59 Å². The number of fused-ring (bicyclic) bond motifs is 1. The lowest BCUT2D eigenvalue weighted by Crippen LogP contribution is -2.42. The van der Waals surface area contributed by atoms with Gasteiger partial charge in [-0.05, 0) is 19.3 Å². The largest absolute Gasteiger partial charge is 0.465 e. The molecule has 0 aromatic rings. The quantitative estimate of drug-likeness (QED) is 0.588. The van der Waals surface area contributed by atoms with Crippen molar-refractivity contribution in [1.82, 2.24) is 4.90 Å². The number of hydrogen-bond donors (Lipinski definition) is 0. The van der Waals surface area contributed by atoms with E-state index in [0.29, 0.717) is 19.2 Å². The monoisotopic (exact) mass is 319 g/mol. The molecule has 2 bridgehead atoms. The van der Waals surface area contributed by atoms with Gasteiger partial charge in [-0.15, -0.1) is 0 Å². The maximum Gasteiger partial charge on any atom is 0.312 e. The molecule has 2 saturated heterocycles. The average molecular weight is 319 g/mol. The van der Waals surface area contributed by atoms with Crippen molar-refractivity contribution in [2.75, 3.05) is 13.2 Å². The number of amides is 1. The number of carbonyl (C=O) groups is 2. The summed E-state index contributed by atoms with van der Waals surface area (Å²) in [4.78, 5) is 27.5. The summed E-state index contributed by atoms with van der Waals surface area (Å²) in [6.45, 7) is 2.98. The van der Waals surface area contributed by atoms with Crippen LogP contribution in [0.1, 0.15) is 45.4 Å². The van der Waals surface area contributed by atoms with E-state index in [2.05, 4.69) is 0 Å². The van der Waals surface area contributed by atoms with Crippen LogP contribution in [-0.2, 0) is 19.1 Å². The summed E-state index contributed by atoms with van der Waals surface area (Å²) >= 11 is 0. The van der Waals surface area contributed by atoms with Gasteiger partial charge in [0.1, 0.15) is 11.5 Å². The number of rotatable bonds is 4. The van der Waals surface area contributed by atoms with Crippen LogP contribution in [0.15, 0.2) is 12.2 Å². The van der Waals surface area contributed by atoms with E-state index in [0.717, 1.165) is 19.3 Å². The molecule has 0 radical (unpaired) electrons. The summed E-state index contributed by atoms with van der Waals surface area (Å²) < 4.78 is 11.5. The summed E-state index contributed by atoms with van der Waals surface area (Å²) in [5, 5.41) is 0. The number of likely N-dealkylation sites (tertiary alicyclic amines) is 1. The standard InChI is InChI=1S/C18H25NO4/c1-2-10-22-17(21)14-13-8-9-18(23-13)11-19(16(20)15(14)18)12-6-4-3-5-7-12/h8-9,12-15H,2-7,10-11H2,1H3/t13-,14?,15-,18?/m1/s1. The minimum absolute atomic E-state index is 0.0993. The number of ether oxygens (including phenoxy) is 2. The molecule has 4 atom stereocenters. The Morgan fingerprint density at radius 2 is 2.17 bits per heavy atom. The van der Waals surface area contributed by atoms with Gasteiger partial charge in [0.15, 0.2) is 0 Å². The normalized spacial score (nSPS) is 39.1. The summed E-state index contributed by atoms with van der Waals surface area (Å²) in [5.41, 5.74) is -0.588. The highest BCUT2D eigenvalue weighted by Crippen LogP contribution is 2.53. The van der Waals surface area contributed by atoms with Crippen LogP contribution in [0.25, 0.3) is 0 Å². The number of hydrogen-bond acceptors (Lipinski definition) is 4. The third-order valence-corrected chi connectivity index (χ3v) is 5.87. The van der Waals surface area contributed by atoms with Crippen LogP contribution < -0.4 is 0 Å².